The summed E-state index contributed by atoms with van der Waals surface area (Å²) in [5.41, 5.74) is 2.66. The normalized spacial score (nSPS) is 17.1. The predicted molar refractivity (Wildman–Crippen MR) is 117 cm³/mol. The second kappa shape index (κ2) is 9.00. The molecule has 1 saturated heterocycles. The number of hydrogen-bond acceptors (Lipinski definition) is 6. The molecule has 9 heteroatoms. The number of tetrazole rings is 1. The first-order valence-corrected chi connectivity index (χ1v) is 10.5. The van der Waals surface area contributed by atoms with Gasteiger partial charge in [0.2, 0.25) is 0 Å². The number of benzene rings is 2. The van der Waals surface area contributed by atoms with E-state index in [1.54, 1.807) is 10.9 Å². The van der Waals surface area contributed by atoms with E-state index in [0.29, 0.717) is 28.0 Å². The average Bonchev–Trinajstić information content (AvgIpc) is 3.18. The zero-order valence-electron chi connectivity index (χ0n) is 16.5. The molecule has 1 aliphatic heterocycles. The highest BCUT2D eigenvalue weighted by Crippen LogP contribution is 2.36. The first kappa shape index (κ1) is 20.6. The van der Waals surface area contributed by atoms with Crippen molar-refractivity contribution in [3.05, 3.63) is 69.5 Å². The molecule has 3 aromatic rings. The number of aromatic nitrogens is 4. The van der Waals surface area contributed by atoms with E-state index >= 15 is 0 Å². The maximum atomic E-state index is 9.15. The summed E-state index contributed by atoms with van der Waals surface area (Å²) < 4.78 is 0. The fourth-order valence-electron chi connectivity index (χ4n) is 3.76. The minimum absolute atomic E-state index is 0.104. The lowest BCUT2D eigenvalue weighted by molar-refractivity contribution is 0.208. The van der Waals surface area contributed by atoms with Gasteiger partial charge in [-0.25, -0.2) is 0 Å². The van der Waals surface area contributed by atoms with E-state index in [1.165, 1.54) is 5.56 Å². The number of rotatable bonds is 5. The lowest BCUT2D eigenvalue weighted by Crippen LogP contribution is -2.49. The SMILES string of the molecule is Cc1nnn(CCN2CCN(c3ccc(C#N)cc3Cl)[C@H](c3ccc(Cl)cc3)C2)n1. The van der Waals surface area contributed by atoms with Crippen LogP contribution in [0, 0.1) is 18.3 Å². The van der Waals surface area contributed by atoms with Crippen molar-refractivity contribution in [2.45, 2.75) is 19.5 Å². The molecule has 2 heterocycles. The molecule has 2 aromatic carbocycles. The van der Waals surface area contributed by atoms with Gasteiger partial charge in [0.25, 0.3) is 0 Å². The van der Waals surface area contributed by atoms with Gasteiger partial charge in [-0.3, -0.25) is 4.90 Å². The summed E-state index contributed by atoms with van der Waals surface area (Å²) in [5.74, 6) is 0.675. The van der Waals surface area contributed by atoms with Crippen LogP contribution in [0.25, 0.3) is 0 Å². The molecule has 1 aliphatic rings. The van der Waals surface area contributed by atoms with Crippen molar-refractivity contribution in [3.63, 3.8) is 0 Å². The van der Waals surface area contributed by atoms with Gasteiger partial charge in [-0.15, -0.1) is 10.2 Å². The summed E-state index contributed by atoms with van der Waals surface area (Å²) in [6.45, 7) is 5.86. The van der Waals surface area contributed by atoms with Crippen molar-refractivity contribution >= 4 is 28.9 Å². The van der Waals surface area contributed by atoms with Crippen LogP contribution in [0.5, 0.6) is 0 Å². The molecule has 1 atom stereocenters. The van der Waals surface area contributed by atoms with Crippen LogP contribution in [0.15, 0.2) is 42.5 Å². The molecule has 7 nitrogen and oxygen atoms in total. The van der Waals surface area contributed by atoms with Crippen molar-refractivity contribution in [2.24, 2.45) is 0 Å². The smallest absolute Gasteiger partial charge is 0.171 e. The molecule has 0 amide bonds. The molecule has 0 unspecified atom stereocenters. The largest absolute Gasteiger partial charge is 0.361 e. The highest BCUT2D eigenvalue weighted by atomic mass is 35.5. The average molecular weight is 442 g/mol. The van der Waals surface area contributed by atoms with Crippen molar-refractivity contribution in [1.82, 2.24) is 25.1 Å². The van der Waals surface area contributed by atoms with E-state index in [-0.39, 0.29) is 6.04 Å². The fourth-order valence-corrected chi connectivity index (χ4v) is 4.17. The zero-order valence-corrected chi connectivity index (χ0v) is 18.1. The van der Waals surface area contributed by atoms with Gasteiger partial charge < -0.3 is 4.90 Å². The maximum absolute atomic E-state index is 9.15. The van der Waals surface area contributed by atoms with Gasteiger partial charge >= 0.3 is 0 Å². The molecule has 154 valence electrons. The van der Waals surface area contributed by atoms with Crippen LogP contribution in [-0.4, -0.2) is 51.3 Å². The van der Waals surface area contributed by atoms with Gasteiger partial charge in [0, 0.05) is 31.2 Å². The molecule has 0 radical (unpaired) electrons. The van der Waals surface area contributed by atoms with Gasteiger partial charge in [0.05, 0.1) is 34.9 Å². The van der Waals surface area contributed by atoms with Gasteiger partial charge in [-0.1, -0.05) is 35.3 Å². The number of piperazine rings is 1. The van der Waals surface area contributed by atoms with Gasteiger partial charge in [-0.05, 0) is 48.0 Å². The molecule has 0 aliphatic carbocycles. The molecule has 4 rings (SSSR count). The van der Waals surface area contributed by atoms with Gasteiger partial charge in [0.15, 0.2) is 5.82 Å². The Morgan fingerprint density at radius 3 is 2.57 bits per heavy atom. The van der Waals surface area contributed by atoms with E-state index < -0.39 is 0 Å². The molecule has 0 bridgehead atoms. The summed E-state index contributed by atoms with van der Waals surface area (Å²) >= 11 is 12.7. The fraction of sp³-hybridized carbons (Fsp3) is 0.333. The van der Waals surface area contributed by atoms with E-state index in [1.807, 2.05) is 31.2 Å². The molecule has 30 heavy (non-hydrogen) atoms. The summed E-state index contributed by atoms with van der Waals surface area (Å²) in [6, 6.07) is 15.7. The number of aryl methyl sites for hydroxylation is 1. The Balaban J connectivity index is 1.57. The summed E-state index contributed by atoms with van der Waals surface area (Å²) in [7, 11) is 0. The van der Waals surface area contributed by atoms with Crippen molar-refractivity contribution in [1.29, 1.82) is 5.26 Å². The third-order valence-electron chi connectivity index (χ3n) is 5.27. The number of anilines is 1. The number of nitrogens with zero attached hydrogens (tertiary/aromatic N) is 7. The lowest BCUT2D eigenvalue weighted by atomic mass is 10.0. The first-order valence-electron chi connectivity index (χ1n) is 9.72. The molecule has 0 saturated carbocycles. The Hall–Kier alpha value is -2.66. The molecule has 0 N–H and O–H groups in total. The highest BCUT2D eigenvalue weighted by molar-refractivity contribution is 6.33. The van der Waals surface area contributed by atoms with E-state index in [0.717, 1.165) is 31.9 Å². The molecule has 1 fully saturated rings. The Morgan fingerprint density at radius 1 is 1.10 bits per heavy atom. The Morgan fingerprint density at radius 2 is 1.90 bits per heavy atom. The van der Waals surface area contributed by atoms with Gasteiger partial charge in [0.1, 0.15) is 0 Å². The zero-order chi connectivity index (χ0) is 21.1. The monoisotopic (exact) mass is 441 g/mol. The van der Waals surface area contributed by atoms with Crippen molar-refractivity contribution < 1.29 is 0 Å². The minimum Gasteiger partial charge on any atom is -0.361 e. The van der Waals surface area contributed by atoms with E-state index in [4.69, 9.17) is 28.5 Å². The summed E-state index contributed by atoms with van der Waals surface area (Å²) in [4.78, 5) is 6.34. The molecular weight excluding hydrogens is 421 g/mol. The van der Waals surface area contributed by atoms with E-state index in [2.05, 4.69) is 43.4 Å². The molecular formula is C21H21Cl2N7. The van der Waals surface area contributed by atoms with Gasteiger partial charge in [-0.2, -0.15) is 10.1 Å². The second-order valence-corrected chi connectivity index (χ2v) is 8.12. The number of halogens is 2. The van der Waals surface area contributed by atoms with Crippen molar-refractivity contribution in [2.75, 3.05) is 31.1 Å². The van der Waals surface area contributed by atoms with Crippen LogP contribution in [0.1, 0.15) is 23.0 Å². The van der Waals surface area contributed by atoms with Crippen molar-refractivity contribution in [3.8, 4) is 6.07 Å². The Bertz CT molecular complexity index is 1060. The Kier molecular flexibility index (Phi) is 6.18. The summed E-state index contributed by atoms with van der Waals surface area (Å²) in [5, 5.41) is 22.7. The van der Waals surface area contributed by atoms with Crippen LogP contribution in [-0.2, 0) is 6.54 Å². The standard InChI is InChI=1S/C21H21Cl2N7/c1-15-25-27-30(26-15)11-9-28-8-10-29(20-7-2-16(13-24)12-19(20)23)21(14-28)17-3-5-18(22)6-4-17/h2-7,12,21H,8-11,14H2,1H3/t21-/m0/s1. The second-order valence-electron chi connectivity index (χ2n) is 7.27. The highest BCUT2D eigenvalue weighted by Gasteiger charge is 2.29. The maximum Gasteiger partial charge on any atom is 0.171 e. The lowest BCUT2D eigenvalue weighted by Gasteiger charge is -2.43. The first-order chi connectivity index (χ1) is 14.5. The topological polar surface area (TPSA) is 73.9 Å². The molecule has 0 spiro atoms. The number of hydrogen-bond donors (Lipinski definition) is 0. The van der Waals surface area contributed by atoms with E-state index in [9.17, 15) is 0 Å². The summed E-state index contributed by atoms with van der Waals surface area (Å²) in [6.07, 6.45) is 0. The third-order valence-corrected chi connectivity index (χ3v) is 5.83. The van der Waals surface area contributed by atoms with Crippen LogP contribution >= 0.6 is 23.2 Å². The van der Waals surface area contributed by atoms with Crippen LogP contribution in [0.4, 0.5) is 5.69 Å². The minimum atomic E-state index is 0.104. The number of nitriles is 1. The van der Waals surface area contributed by atoms with Crippen LogP contribution < -0.4 is 4.90 Å². The predicted octanol–water partition coefficient (Wildman–Crippen LogP) is 3.72. The van der Waals surface area contributed by atoms with Crippen LogP contribution in [0.2, 0.25) is 10.0 Å². The molecule has 1 aromatic heterocycles. The van der Waals surface area contributed by atoms with Crippen LogP contribution in [0.3, 0.4) is 0 Å². The Labute approximate surface area is 185 Å². The third kappa shape index (κ3) is 4.57. The quantitative estimate of drug-likeness (QED) is 0.600.